The van der Waals surface area contributed by atoms with Crippen LogP contribution < -0.4 is 16.8 Å². The maximum Gasteiger partial charge on any atom is 0.243 e. The smallest absolute Gasteiger partial charge is 0.243 e. The topological polar surface area (TPSA) is 119 Å². The van der Waals surface area contributed by atoms with Gasteiger partial charge in [-0.05, 0) is 32.7 Å². The van der Waals surface area contributed by atoms with Crippen LogP contribution in [-0.2, 0) is 14.4 Å². The van der Waals surface area contributed by atoms with Crippen LogP contribution in [0.5, 0.6) is 0 Å². The minimum atomic E-state index is -0.747. The molecule has 0 aromatic carbocycles. The Kier molecular flexibility index (Phi) is 4.66. The maximum absolute atomic E-state index is 12.3. The highest BCUT2D eigenvalue weighted by atomic mass is 16.2. The molecule has 0 aromatic rings. The molecule has 0 bridgehead atoms. The van der Waals surface area contributed by atoms with E-state index in [2.05, 4.69) is 5.32 Å². The Hall–Kier alpha value is -1.63. The summed E-state index contributed by atoms with van der Waals surface area (Å²) >= 11 is 0. The van der Waals surface area contributed by atoms with Crippen LogP contribution in [0.4, 0.5) is 0 Å². The number of nitrogens with two attached hydrogens (primary N) is 2. The lowest BCUT2D eigenvalue weighted by atomic mass is 9.89. The number of hydrogen-bond acceptors (Lipinski definition) is 4. The molecule has 7 nitrogen and oxygen atoms in total. The second kappa shape index (κ2) is 5.81. The first-order chi connectivity index (χ1) is 8.35. The molecule has 0 radical (unpaired) electrons. The maximum atomic E-state index is 12.3. The second-order valence-electron chi connectivity index (χ2n) is 4.81. The summed E-state index contributed by atoms with van der Waals surface area (Å²) in [5.74, 6) is -1.63. The van der Waals surface area contributed by atoms with Gasteiger partial charge in [0.05, 0.1) is 18.6 Å². The van der Waals surface area contributed by atoms with Crippen LogP contribution in [0, 0.1) is 0 Å². The van der Waals surface area contributed by atoms with E-state index in [1.165, 1.54) is 0 Å². The summed E-state index contributed by atoms with van der Waals surface area (Å²) < 4.78 is 0. The van der Waals surface area contributed by atoms with Crippen molar-refractivity contribution in [2.24, 2.45) is 11.5 Å². The van der Waals surface area contributed by atoms with E-state index in [1.54, 1.807) is 6.92 Å². The molecule has 0 saturated carbocycles. The molecule has 5 N–H and O–H groups in total. The summed E-state index contributed by atoms with van der Waals surface area (Å²) in [7, 11) is 0. The quantitative estimate of drug-likeness (QED) is 0.544. The molecule has 7 heteroatoms. The summed E-state index contributed by atoms with van der Waals surface area (Å²) in [6.07, 6.45) is 2.60. The minimum absolute atomic E-state index is 0.293. The van der Waals surface area contributed by atoms with E-state index in [0.29, 0.717) is 6.42 Å². The number of carbonyl (C=O) groups is 3. The van der Waals surface area contributed by atoms with Crippen LogP contribution in [0.25, 0.3) is 0 Å². The summed E-state index contributed by atoms with van der Waals surface area (Å²) in [5, 5.41) is 3.13. The van der Waals surface area contributed by atoms with Gasteiger partial charge < -0.3 is 21.7 Å². The molecule has 1 unspecified atom stereocenters. The molecular formula is C11H20N4O3. The fourth-order valence-corrected chi connectivity index (χ4v) is 2.16. The molecule has 0 spiro atoms. The van der Waals surface area contributed by atoms with Gasteiger partial charge in [0, 0.05) is 0 Å². The van der Waals surface area contributed by atoms with Gasteiger partial charge in [0.15, 0.2) is 0 Å². The van der Waals surface area contributed by atoms with Crippen molar-refractivity contribution in [1.82, 2.24) is 10.2 Å². The molecule has 1 heterocycles. The van der Waals surface area contributed by atoms with Crippen LogP contribution in [0.15, 0.2) is 0 Å². The predicted octanol–water partition coefficient (Wildman–Crippen LogP) is -1.68. The number of hydrogen-bond donors (Lipinski definition) is 3. The fourth-order valence-electron chi connectivity index (χ4n) is 2.16. The second-order valence-corrected chi connectivity index (χ2v) is 4.81. The van der Waals surface area contributed by atoms with Crippen LogP contribution in [0.1, 0.15) is 26.2 Å². The summed E-state index contributed by atoms with van der Waals surface area (Å²) in [6, 6.07) is 0. The lowest BCUT2D eigenvalue weighted by Crippen LogP contribution is -2.60. The van der Waals surface area contributed by atoms with Gasteiger partial charge in [0.2, 0.25) is 17.7 Å². The SMILES string of the molecule is CC1(C(=O)N(CC(N)=O)CC(N)=O)CCCCN1. The number of nitrogens with zero attached hydrogens (tertiary/aromatic N) is 1. The van der Waals surface area contributed by atoms with E-state index in [-0.39, 0.29) is 19.0 Å². The van der Waals surface area contributed by atoms with Crippen LogP contribution >= 0.6 is 0 Å². The molecule has 1 atom stereocenters. The van der Waals surface area contributed by atoms with Gasteiger partial charge >= 0.3 is 0 Å². The van der Waals surface area contributed by atoms with E-state index < -0.39 is 17.4 Å². The van der Waals surface area contributed by atoms with Gasteiger partial charge in [-0.2, -0.15) is 0 Å². The molecule has 1 saturated heterocycles. The zero-order valence-electron chi connectivity index (χ0n) is 10.6. The molecule has 3 amide bonds. The van der Waals surface area contributed by atoms with Gasteiger partial charge in [-0.15, -0.1) is 0 Å². The lowest BCUT2D eigenvalue weighted by molar-refractivity contribution is -0.143. The Morgan fingerprint density at radius 1 is 1.17 bits per heavy atom. The van der Waals surface area contributed by atoms with Crippen molar-refractivity contribution in [3.63, 3.8) is 0 Å². The zero-order valence-corrected chi connectivity index (χ0v) is 10.6. The van der Waals surface area contributed by atoms with E-state index in [9.17, 15) is 14.4 Å². The average molecular weight is 256 g/mol. The molecule has 18 heavy (non-hydrogen) atoms. The third-order valence-corrected chi connectivity index (χ3v) is 3.07. The van der Waals surface area contributed by atoms with E-state index in [0.717, 1.165) is 24.3 Å². The number of nitrogens with one attached hydrogen (secondary N) is 1. The predicted molar refractivity (Wildman–Crippen MR) is 65.2 cm³/mol. The molecule has 1 fully saturated rings. The first-order valence-corrected chi connectivity index (χ1v) is 5.96. The highest BCUT2D eigenvalue weighted by Crippen LogP contribution is 2.21. The molecule has 0 aromatic heterocycles. The standard InChI is InChI=1S/C11H20N4O3/c1-11(4-2-3-5-14-11)10(18)15(6-8(12)16)7-9(13)17/h14H,2-7H2,1H3,(H2,12,16)(H2,13,17). The van der Waals surface area contributed by atoms with E-state index >= 15 is 0 Å². The third kappa shape index (κ3) is 3.69. The summed E-state index contributed by atoms with van der Waals surface area (Å²) in [4.78, 5) is 35.3. The Labute approximate surface area is 106 Å². The highest BCUT2D eigenvalue weighted by molar-refractivity contribution is 5.92. The van der Waals surface area contributed by atoms with Crippen molar-refractivity contribution in [1.29, 1.82) is 0 Å². The van der Waals surface area contributed by atoms with Crippen molar-refractivity contribution in [3.8, 4) is 0 Å². The normalized spacial score (nSPS) is 23.4. The lowest BCUT2D eigenvalue weighted by Gasteiger charge is -2.37. The zero-order chi connectivity index (χ0) is 13.8. The highest BCUT2D eigenvalue weighted by Gasteiger charge is 2.38. The molecule has 102 valence electrons. The number of rotatable bonds is 5. The van der Waals surface area contributed by atoms with Crippen molar-refractivity contribution in [3.05, 3.63) is 0 Å². The fraction of sp³-hybridized carbons (Fsp3) is 0.727. The monoisotopic (exact) mass is 256 g/mol. The Bertz CT molecular complexity index is 334. The summed E-state index contributed by atoms with van der Waals surface area (Å²) in [6.45, 7) is 1.92. The van der Waals surface area contributed by atoms with Crippen molar-refractivity contribution in [2.45, 2.75) is 31.7 Å². The molecule has 1 aliphatic rings. The molecule has 1 rings (SSSR count). The Morgan fingerprint density at radius 3 is 2.11 bits per heavy atom. The van der Waals surface area contributed by atoms with Crippen LogP contribution in [-0.4, -0.2) is 47.8 Å². The van der Waals surface area contributed by atoms with Gasteiger partial charge in [0.25, 0.3) is 0 Å². The third-order valence-electron chi connectivity index (χ3n) is 3.07. The van der Waals surface area contributed by atoms with Crippen LogP contribution in [0.2, 0.25) is 0 Å². The number of primary amides is 2. The van der Waals surface area contributed by atoms with Crippen molar-refractivity contribution in [2.75, 3.05) is 19.6 Å². The number of amides is 3. The Balaban J connectivity index is 2.79. The van der Waals surface area contributed by atoms with Gasteiger partial charge in [0.1, 0.15) is 0 Å². The van der Waals surface area contributed by atoms with Gasteiger partial charge in [-0.3, -0.25) is 14.4 Å². The van der Waals surface area contributed by atoms with Crippen molar-refractivity contribution >= 4 is 17.7 Å². The largest absolute Gasteiger partial charge is 0.368 e. The number of piperidine rings is 1. The average Bonchev–Trinajstić information content (AvgIpc) is 2.27. The number of carbonyl (C=O) groups excluding carboxylic acids is 3. The van der Waals surface area contributed by atoms with Crippen molar-refractivity contribution < 1.29 is 14.4 Å². The molecule has 0 aliphatic carbocycles. The van der Waals surface area contributed by atoms with Gasteiger partial charge in [-0.25, -0.2) is 0 Å². The summed E-state index contributed by atoms with van der Waals surface area (Å²) in [5.41, 5.74) is 9.40. The first kappa shape index (κ1) is 14.4. The van der Waals surface area contributed by atoms with E-state index in [1.807, 2.05) is 0 Å². The molecule has 1 aliphatic heterocycles. The van der Waals surface area contributed by atoms with Gasteiger partial charge in [-0.1, -0.05) is 0 Å². The minimum Gasteiger partial charge on any atom is -0.368 e. The van der Waals surface area contributed by atoms with E-state index in [4.69, 9.17) is 11.5 Å². The molecular weight excluding hydrogens is 236 g/mol. The Morgan fingerprint density at radius 2 is 1.72 bits per heavy atom. The van der Waals surface area contributed by atoms with Crippen LogP contribution in [0.3, 0.4) is 0 Å². The first-order valence-electron chi connectivity index (χ1n) is 5.96.